The molecule has 25 heavy (non-hydrogen) atoms. The maximum Gasteiger partial charge on any atom is 0.379 e. The smallest absolute Gasteiger partial charge is 0.379 e. The summed E-state index contributed by atoms with van der Waals surface area (Å²) in [7, 11) is 1.40. The Morgan fingerprint density at radius 2 is 1.92 bits per heavy atom. The molecule has 0 atom stereocenters. The molecule has 1 aromatic heterocycles. The number of carbonyl (C=O) groups excluding carboxylic acids is 1. The molecule has 0 aliphatic rings. The molecule has 124 valence electrons. The van der Waals surface area contributed by atoms with Crippen molar-refractivity contribution in [3.8, 4) is 28.9 Å². The lowest BCUT2D eigenvalue weighted by molar-refractivity contribution is 0.0697. The first kappa shape index (κ1) is 16.3. The minimum absolute atomic E-state index is 0.0790. The molecule has 0 amide bonds. The van der Waals surface area contributed by atoms with Crippen LogP contribution in [-0.4, -0.2) is 13.1 Å². The molecular weight excluding hydrogens is 325 g/mol. The van der Waals surface area contributed by atoms with E-state index in [2.05, 4.69) is 0 Å². The van der Waals surface area contributed by atoms with E-state index in [0.717, 1.165) is 0 Å². The van der Waals surface area contributed by atoms with E-state index in [1.807, 2.05) is 6.07 Å². The molecule has 0 saturated carbocycles. The Hall–Kier alpha value is -3.59. The molecule has 0 N–H and O–H groups in total. The molecule has 0 unspecified atom stereocenters. The normalized spacial score (nSPS) is 10.1. The van der Waals surface area contributed by atoms with E-state index in [0.29, 0.717) is 5.56 Å². The second-order valence-corrected chi connectivity index (χ2v) is 5.01. The van der Waals surface area contributed by atoms with Crippen molar-refractivity contribution in [2.24, 2.45) is 0 Å². The number of carbonyl (C=O) groups is 1. The molecule has 5 nitrogen and oxygen atoms in total. The fourth-order valence-corrected chi connectivity index (χ4v) is 2.22. The molecule has 0 radical (unpaired) electrons. The van der Waals surface area contributed by atoms with Crippen LogP contribution in [0.25, 0.3) is 11.3 Å². The third-order valence-corrected chi connectivity index (χ3v) is 3.44. The SMILES string of the molecule is COc1cc(C#N)ccc1OC(=O)c1ccc(-c2ccccc2F)o1. The van der Waals surface area contributed by atoms with Gasteiger partial charge in [0.2, 0.25) is 5.76 Å². The van der Waals surface area contributed by atoms with Crippen LogP contribution in [0.5, 0.6) is 11.5 Å². The molecule has 0 saturated heterocycles. The molecule has 0 bridgehead atoms. The average Bonchev–Trinajstić information content (AvgIpc) is 3.12. The van der Waals surface area contributed by atoms with Crippen molar-refractivity contribution in [1.82, 2.24) is 0 Å². The molecule has 0 fully saturated rings. The van der Waals surface area contributed by atoms with Crippen LogP contribution in [0.3, 0.4) is 0 Å². The fourth-order valence-electron chi connectivity index (χ4n) is 2.22. The lowest BCUT2D eigenvalue weighted by atomic mass is 10.1. The van der Waals surface area contributed by atoms with Crippen LogP contribution in [-0.2, 0) is 0 Å². The lowest BCUT2D eigenvalue weighted by Gasteiger charge is -2.08. The number of halogens is 1. The summed E-state index contributed by atoms with van der Waals surface area (Å²) in [6, 6.07) is 15.3. The zero-order valence-electron chi connectivity index (χ0n) is 13.2. The van der Waals surface area contributed by atoms with Crippen molar-refractivity contribution in [2.45, 2.75) is 0 Å². The number of hydrogen-bond acceptors (Lipinski definition) is 5. The zero-order valence-corrected chi connectivity index (χ0v) is 13.2. The summed E-state index contributed by atoms with van der Waals surface area (Å²) in [5, 5.41) is 8.88. The minimum Gasteiger partial charge on any atom is -0.493 e. The van der Waals surface area contributed by atoms with Crippen LogP contribution < -0.4 is 9.47 Å². The number of nitriles is 1. The van der Waals surface area contributed by atoms with E-state index in [1.54, 1.807) is 18.2 Å². The van der Waals surface area contributed by atoms with E-state index in [1.165, 1.54) is 43.5 Å². The number of methoxy groups -OCH3 is 1. The molecule has 6 heteroatoms. The molecule has 2 aromatic carbocycles. The predicted octanol–water partition coefficient (Wildman–Crippen LogP) is 4.19. The Balaban J connectivity index is 1.84. The molecule has 3 rings (SSSR count). The number of ether oxygens (including phenoxy) is 2. The van der Waals surface area contributed by atoms with E-state index in [-0.39, 0.29) is 28.6 Å². The summed E-state index contributed by atoms with van der Waals surface area (Å²) < 4.78 is 29.5. The molecular formula is C19H12FNO4. The first-order valence-corrected chi connectivity index (χ1v) is 7.27. The van der Waals surface area contributed by atoms with Crippen LogP contribution in [0.2, 0.25) is 0 Å². The van der Waals surface area contributed by atoms with Gasteiger partial charge in [0.25, 0.3) is 0 Å². The lowest BCUT2D eigenvalue weighted by Crippen LogP contribution is -2.08. The van der Waals surface area contributed by atoms with Gasteiger partial charge in [0.1, 0.15) is 11.6 Å². The van der Waals surface area contributed by atoms with Gasteiger partial charge in [0.15, 0.2) is 11.5 Å². The Kier molecular flexibility index (Phi) is 4.48. The van der Waals surface area contributed by atoms with Gasteiger partial charge in [0.05, 0.1) is 24.3 Å². The maximum absolute atomic E-state index is 13.8. The van der Waals surface area contributed by atoms with Crippen LogP contribution in [0.1, 0.15) is 16.1 Å². The molecule has 0 aliphatic carbocycles. The Morgan fingerprint density at radius 3 is 2.64 bits per heavy atom. The number of benzene rings is 2. The summed E-state index contributed by atoms with van der Waals surface area (Å²) in [6.45, 7) is 0. The fraction of sp³-hybridized carbons (Fsp3) is 0.0526. The van der Waals surface area contributed by atoms with Gasteiger partial charge in [-0.25, -0.2) is 9.18 Å². The van der Waals surface area contributed by atoms with E-state index < -0.39 is 11.8 Å². The van der Waals surface area contributed by atoms with E-state index in [4.69, 9.17) is 19.2 Å². The zero-order chi connectivity index (χ0) is 17.8. The van der Waals surface area contributed by atoms with Gasteiger partial charge in [0, 0.05) is 6.07 Å². The van der Waals surface area contributed by atoms with Crippen LogP contribution in [0.4, 0.5) is 4.39 Å². The van der Waals surface area contributed by atoms with Gasteiger partial charge in [-0.1, -0.05) is 12.1 Å². The topological polar surface area (TPSA) is 72.5 Å². The molecule has 0 aliphatic heterocycles. The van der Waals surface area contributed by atoms with Crippen molar-refractivity contribution in [1.29, 1.82) is 5.26 Å². The van der Waals surface area contributed by atoms with E-state index >= 15 is 0 Å². The second-order valence-electron chi connectivity index (χ2n) is 5.01. The highest BCUT2D eigenvalue weighted by molar-refractivity contribution is 5.89. The highest BCUT2D eigenvalue weighted by atomic mass is 19.1. The van der Waals surface area contributed by atoms with Gasteiger partial charge >= 0.3 is 5.97 Å². The number of rotatable bonds is 4. The molecule has 3 aromatic rings. The molecule has 0 spiro atoms. The second kappa shape index (κ2) is 6.89. The highest BCUT2D eigenvalue weighted by Gasteiger charge is 2.18. The monoisotopic (exact) mass is 337 g/mol. The van der Waals surface area contributed by atoms with Crippen molar-refractivity contribution >= 4 is 5.97 Å². The third-order valence-electron chi connectivity index (χ3n) is 3.44. The Morgan fingerprint density at radius 1 is 1.12 bits per heavy atom. The predicted molar refractivity (Wildman–Crippen MR) is 86.8 cm³/mol. The van der Waals surface area contributed by atoms with Crippen molar-refractivity contribution in [3.63, 3.8) is 0 Å². The highest BCUT2D eigenvalue weighted by Crippen LogP contribution is 2.30. The summed E-state index contributed by atoms with van der Waals surface area (Å²) in [5.74, 6) is -0.679. The van der Waals surface area contributed by atoms with Crippen molar-refractivity contribution < 1.29 is 23.1 Å². The Labute approximate surface area is 142 Å². The maximum atomic E-state index is 13.8. The summed E-state index contributed by atoms with van der Waals surface area (Å²) >= 11 is 0. The van der Waals surface area contributed by atoms with Gasteiger partial charge < -0.3 is 13.9 Å². The molecule has 1 heterocycles. The number of esters is 1. The minimum atomic E-state index is -0.759. The third kappa shape index (κ3) is 3.35. The van der Waals surface area contributed by atoms with Gasteiger partial charge in [-0.2, -0.15) is 5.26 Å². The van der Waals surface area contributed by atoms with Crippen molar-refractivity contribution in [2.75, 3.05) is 7.11 Å². The standard InChI is InChI=1S/C19H12FNO4/c1-23-18-10-12(11-21)6-7-16(18)25-19(22)17-9-8-15(24-17)13-4-2-3-5-14(13)20/h2-10H,1H3. The van der Waals surface area contributed by atoms with Gasteiger partial charge in [-0.15, -0.1) is 0 Å². The van der Waals surface area contributed by atoms with Gasteiger partial charge in [-0.05, 0) is 36.4 Å². The van der Waals surface area contributed by atoms with Crippen LogP contribution in [0, 0.1) is 17.1 Å². The summed E-state index contributed by atoms with van der Waals surface area (Å²) in [6.07, 6.45) is 0. The van der Waals surface area contributed by atoms with Gasteiger partial charge in [-0.3, -0.25) is 0 Å². The first-order valence-electron chi connectivity index (χ1n) is 7.27. The van der Waals surface area contributed by atoms with Crippen LogP contribution in [0.15, 0.2) is 59.0 Å². The summed E-state index contributed by atoms with van der Waals surface area (Å²) in [5.41, 5.74) is 0.619. The average molecular weight is 337 g/mol. The van der Waals surface area contributed by atoms with Crippen LogP contribution >= 0.6 is 0 Å². The van der Waals surface area contributed by atoms with Crippen molar-refractivity contribution in [3.05, 3.63) is 71.7 Å². The summed E-state index contributed by atoms with van der Waals surface area (Å²) in [4.78, 5) is 12.2. The number of hydrogen-bond donors (Lipinski definition) is 0. The Bertz CT molecular complexity index is 972. The number of nitrogens with zero attached hydrogens (tertiary/aromatic N) is 1. The first-order chi connectivity index (χ1) is 12.1. The van der Waals surface area contributed by atoms with E-state index in [9.17, 15) is 9.18 Å². The largest absolute Gasteiger partial charge is 0.493 e. The number of furan rings is 1. The quantitative estimate of drug-likeness (QED) is 0.527.